The normalized spacial score (nSPS) is 15.5. The largest absolute Gasteiger partial charge is 0.317 e. The van der Waals surface area contributed by atoms with Crippen molar-refractivity contribution in [2.24, 2.45) is 0 Å². The van der Waals surface area contributed by atoms with Crippen LogP contribution in [0.4, 0.5) is 5.13 Å². The first-order valence-electron chi connectivity index (χ1n) is 7.76. The van der Waals surface area contributed by atoms with Crippen LogP contribution in [-0.2, 0) is 0 Å². The highest BCUT2D eigenvalue weighted by Gasteiger charge is 2.19. The minimum Gasteiger partial charge on any atom is -0.317 e. The molecule has 24 heavy (non-hydrogen) atoms. The Labute approximate surface area is 151 Å². The summed E-state index contributed by atoms with van der Waals surface area (Å²) in [6.07, 6.45) is 5.80. The number of amides is 1. The number of nitrogens with one attached hydrogen (secondary N) is 2. The van der Waals surface area contributed by atoms with E-state index in [0.717, 1.165) is 36.5 Å². The molecule has 1 amide bonds. The van der Waals surface area contributed by atoms with Crippen LogP contribution in [0.15, 0.2) is 29.2 Å². The number of anilines is 1. The van der Waals surface area contributed by atoms with E-state index in [1.165, 1.54) is 16.2 Å². The summed E-state index contributed by atoms with van der Waals surface area (Å²) in [4.78, 5) is 23.0. The van der Waals surface area contributed by atoms with Crippen LogP contribution in [0.5, 0.6) is 0 Å². The van der Waals surface area contributed by atoms with Gasteiger partial charge in [-0.15, -0.1) is 22.7 Å². The fourth-order valence-electron chi connectivity index (χ4n) is 2.70. The topological polar surface area (TPSA) is 66.9 Å². The minimum atomic E-state index is -0.139. The molecule has 0 spiro atoms. The Bertz CT molecular complexity index is 818. The third kappa shape index (κ3) is 3.41. The second-order valence-electron chi connectivity index (χ2n) is 5.59. The van der Waals surface area contributed by atoms with Crippen molar-refractivity contribution in [2.45, 2.75) is 18.8 Å². The van der Waals surface area contributed by atoms with E-state index in [1.807, 2.05) is 23.0 Å². The first-order valence-corrected chi connectivity index (χ1v) is 10.3. The number of carbonyl (C=O) groups is 1. The second kappa shape index (κ2) is 7.10. The van der Waals surface area contributed by atoms with Crippen LogP contribution in [-0.4, -0.2) is 29.0 Å². The lowest BCUT2D eigenvalue weighted by Crippen LogP contribution is -2.26. The Hall–Kier alpha value is -1.61. The molecule has 5 nitrogen and oxygen atoms in total. The van der Waals surface area contributed by atoms with Crippen molar-refractivity contribution in [1.82, 2.24) is 15.3 Å². The zero-order valence-electron chi connectivity index (χ0n) is 12.8. The minimum absolute atomic E-state index is 0.139. The Balaban J connectivity index is 1.43. The van der Waals surface area contributed by atoms with Crippen molar-refractivity contribution in [3.63, 3.8) is 0 Å². The summed E-state index contributed by atoms with van der Waals surface area (Å²) in [5.41, 5.74) is 1.06. The van der Waals surface area contributed by atoms with Crippen LogP contribution >= 0.6 is 34.0 Å². The number of rotatable bonds is 4. The molecule has 0 atom stereocenters. The lowest BCUT2D eigenvalue weighted by molar-refractivity contribution is 0.103. The van der Waals surface area contributed by atoms with Crippen molar-refractivity contribution in [1.29, 1.82) is 0 Å². The van der Waals surface area contributed by atoms with Gasteiger partial charge in [-0.3, -0.25) is 10.1 Å². The zero-order valence-corrected chi connectivity index (χ0v) is 15.3. The molecule has 1 saturated heterocycles. The first-order chi connectivity index (χ1) is 11.8. The summed E-state index contributed by atoms with van der Waals surface area (Å²) in [6.45, 7) is 2.10. The fraction of sp³-hybridized carbons (Fsp3) is 0.312. The molecule has 1 aliphatic heterocycles. The maximum absolute atomic E-state index is 12.4. The van der Waals surface area contributed by atoms with Gasteiger partial charge in [0.15, 0.2) is 5.13 Å². The van der Waals surface area contributed by atoms with Gasteiger partial charge in [0.05, 0.1) is 6.20 Å². The van der Waals surface area contributed by atoms with E-state index in [2.05, 4.69) is 20.6 Å². The van der Waals surface area contributed by atoms with Crippen molar-refractivity contribution < 1.29 is 4.79 Å². The zero-order chi connectivity index (χ0) is 16.4. The molecule has 0 aliphatic carbocycles. The van der Waals surface area contributed by atoms with Gasteiger partial charge in [-0.05, 0) is 43.3 Å². The number of hydrogen-bond acceptors (Lipinski definition) is 7. The average molecular weight is 377 g/mol. The second-order valence-corrected chi connectivity index (χ2v) is 8.46. The highest BCUT2D eigenvalue weighted by atomic mass is 32.1. The van der Waals surface area contributed by atoms with E-state index in [9.17, 15) is 4.79 Å². The maximum atomic E-state index is 12.4. The number of aromatic nitrogens is 2. The van der Waals surface area contributed by atoms with E-state index in [-0.39, 0.29) is 5.91 Å². The molecule has 1 fully saturated rings. The van der Waals surface area contributed by atoms with E-state index in [0.29, 0.717) is 15.9 Å². The van der Waals surface area contributed by atoms with Crippen LogP contribution in [0.25, 0.3) is 10.6 Å². The standard InChI is InChI=1S/C16H16N4OS3/c21-14(13-8-18-15(23-13)11-3-6-22-9-11)20-16-19-7-12(24-16)10-1-4-17-5-2-10/h3,6-10,17H,1-2,4-5H2,(H,19,20,21). The SMILES string of the molecule is O=C(Nc1ncc(C2CCNCC2)s1)c1cnc(-c2ccsc2)s1. The van der Waals surface area contributed by atoms with Gasteiger partial charge in [0.2, 0.25) is 0 Å². The quantitative estimate of drug-likeness (QED) is 0.721. The van der Waals surface area contributed by atoms with Gasteiger partial charge >= 0.3 is 0 Å². The molecule has 0 bridgehead atoms. The highest BCUT2D eigenvalue weighted by molar-refractivity contribution is 7.18. The molecule has 0 unspecified atom stereocenters. The molecular formula is C16H16N4OS3. The monoisotopic (exact) mass is 376 g/mol. The number of thiazole rings is 2. The molecule has 4 rings (SSSR count). The van der Waals surface area contributed by atoms with E-state index < -0.39 is 0 Å². The van der Waals surface area contributed by atoms with Gasteiger partial charge in [0.1, 0.15) is 9.88 Å². The molecule has 8 heteroatoms. The molecule has 3 aromatic heterocycles. The lowest BCUT2D eigenvalue weighted by Gasteiger charge is -2.20. The number of nitrogens with zero attached hydrogens (tertiary/aromatic N) is 2. The van der Waals surface area contributed by atoms with Crippen molar-refractivity contribution in [3.8, 4) is 10.6 Å². The van der Waals surface area contributed by atoms with Crippen molar-refractivity contribution >= 4 is 45.0 Å². The Morgan fingerprint density at radius 3 is 2.88 bits per heavy atom. The molecule has 0 aromatic carbocycles. The van der Waals surface area contributed by atoms with E-state index in [1.54, 1.807) is 28.9 Å². The molecular weight excluding hydrogens is 360 g/mol. The third-order valence-electron chi connectivity index (χ3n) is 3.98. The van der Waals surface area contributed by atoms with E-state index in [4.69, 9.17) is 0 Å². The molecule has 2 N–H and O–H groups in total. The highest BCUT2D eigenvalue weighted by Crippen LogP contribution is 2.32. The van der Waals surface area contributed by atoms with Crippen LogP contribution in [0.3, 0.4) is 0 Å². The molecule has 4 heterocycles. The molecule has 0 saturated carbocycles. The Morgan fingerprint density at radius 2 is 2.08 bits per heavy atom. The van der Waals surface area contributed by atoms with Crippen molar-refractivity contribution in [3.05, 3.63) is 39.0 Å². The summed E-state index contributed by atoms with van der Waals surface area (Å²) in [5, 5.41) is 11.9. The maximum Gasteiger partial charge on any atom is 0.269 e. The summed E-state index contributed by atoms with van der Waals surface area (Å²) in [6, 6.07) is 2.01. The summed E-state index contributed by atoms with van der Waals surface area (Å²) < 4.78 is 0. The van der Waals surface area contributed by atoms with Crippen LogP contribution in [0.1, 0.15) is 33.3 Å². The predicted octanol–water partition coefficient (Wildman–Crippen LogP) is 4.05. The summed E-state index contributed by atoms with van der Waals surface area (Å²) in [7, 11) is 0. The Morgan fingerprint density at radius 1 is 1.21 bits per heavy atom. The average Bonchev–Trinajstić information content (AvgIpc) is 3.36. The Kier molecular flexibility index (Phi) is 4.70. The fourth-order valence-corrected chi connectivity index (χ4v) is 5.20. The number of piperidine rings is 1. The lowest BCUT2D eigenvalue weighted by atomic mass is 9.97. The number of carbonyl (C=O) groups excluding carboxylic acids is 1. The summed E-state index contributed by atoms with van der Waals surface area (Å²) >= 11 is 4.61. The molecule has 3 aromatic rings. The van der Waals surface area contributed by atoms with Crippen LogP contribution < -0.4 is 10.6 Å². The molecule has 124 valence electrons. The smallest absolute Gasteiger partial charge is 0.269 e. The molecule has 0 radical (unpaired) electrons. The molecule has 1 aliphatic rings. The number of thiophene rings is 1. The number of hydrogen-bond donors (Lipinski definition) is 2. The van der Waals surface area contributed by atoms with Gasteiger partial charge in [-0.1, -0.05) is 0 Å². The first kappa shape index (κ1) is 15.9. The third-order valence-corrected chi connectivity index (χ3v) is 6.79. The van der Waals surface area contributed by atoms with Gasteiger partial charge in [-0.25, -0.2) is 9.97 Å². The summed E-state index contributed by atoms with van der Waals surface area (Å²) in [5.74, 6) is 0.420. The van der Waals surface area contributed by atoms with Gasteiger partial charge in [0.25, 0.3) is 5.91 Å². The van der Waals surface area contributed by atoms with Gasteiger partial charge in [0, 0.05) is 22.0 Å². The van der Waals surface area contributed by atoms with Crippen LogP contribution in [0, 0.1) is 0 Å². The van der Waals surface area contributed by atoms with E-state index >= 15 is 0 Å². The van der Waals surface area contributed by atoms with Gasteiger partial charge in [-0.2, -0.15) is 11.3 Å². The van der Waals surface area contributed by atoms with Gasteiger partial charge < -0.3 is 5.32 Å². The van der Waals surface area contributed by atoms with Crippen molar-refractivity contribution in [2.75, 3.05) is 18.4 Å². The predicted molar refractivity (Wildman–Crippen MR) is 100 cm³/mol. The van der Waals surface area contributed by atoms with Crippen LogP contribution in [0.2, 0.25) is 0 Å².